The maximum atomic E-state index is 12.9. The third kappa shape index (κ3) is 4.74. The summed E-state index contributed by atoms with van der Waals surface area (Å²) >= 11 is 0. The van der Waals surface area contributed by atoms with E-state index in [1.54, 1.807) is 19.2 Å². The first-order valence-corrected chi connectivity index (χ1v) is 10.0. The van der Waals surface area contributed by atoms with Crippen LogP contribution in [0, 0.1) is 0 Å². The summed E-state index contributed by atoms with van der Waals surface area (Å²) in [4.78, 5) is 17.5. The number of pyridine rings is 1. The summed E-state index contributed by atoms with van der Waals surface area (Å²) in [5.74, 6) is 0.470. The number of amides is 1. The molecule has 0 fully saturated rings. The summed E-state index contributed by atoms with van der Waals surface area (Å²) in [7, 11) is 1.59. The van der Waals surface area contributed by atoms with E-state index >= 15 is 0 Å². The van der Waals surface area contributed by atoms with Gasteiger partial charge in [-0.05, 0) is 48.0 Å². The molecule has 0 aliphatic carbocycles. The molecule has 0 saturated heterocycles. The van der Waals surface area contributed by atoms with Crippen LogP contribution in [-0.2, 0) is 6.54 Å². The molecule has 2 aromatic carbocycles. The topological polar surface area (TPSA) is 87.9 Å². The van der Waals surface area contributed by atoms with E-state index in [1.165, 1.54) is 0 Å². The number of aromatic nitrogens is 2. The quantitative estimate of drug-likeness (QED) is 0.384. The lowest BCUT2D eigenvalue weighted by molar-refractivity contribution is 0.102. The Morgan fingerprint density at radius 1 is 1.13 bits per heavy atom. The Morgan fingerprint density at radius 3 is 2.71 bits per heavy atom. The van der Waals surface area contributed by atoms with Crippen molar-refractivity contribution in [3.05, 3.63) is 84.2 Å². The number of ether oxygens (including phenoxy) is 1. The van der Waals surface area contributed by atoms with Gasteiger partial charge in [-0.25, -0.2) is 4.98 Å². The van der Waals surface area contributed by atoms with Gasteiger partial charge >= 0.3 is 0 Å². The molecule has 4 rings (SSSR count). The average molecular weight is 416 g/mol. The van der Waals surface area contributed by atoms with Gasteiger partial charge in [0.15, 0.2) is 0 Å². The predicted octanol–water partition coefficient (Wildman–Crippen LogP) is 3.34. The minimum Gasteiger partial charge on any atom is -0.497 e. The minimum atomic E-state index is -0.205. The zero-order valence-corrected chi connectivity index (χ0v) is 17.2. The second-order valence-electron chi connectivity index (χ2n) is 7.05. The van der Waals surface area contributed by atoms with E-state index in [-0.39, 0.29) is 12.5 Å². The van der Waals surface area contributed by atoms with Crippen LogP contribution in [0.4, 0.5) is 5.69 Å². The molecule has 7 nitrogen and oxygen atoms in total. The van der Waals surface area contributed by atoms with E-state index in [1.807, 2.05) is 65.3 Å². The number of aliphatic hydroxyl groups excluding tert-OH is 1. The molecule has 3 N–H and O–H groups in total. The number of benzene rings is 2. The lowest BCUT2D eigenvalue weighted by atomic mass is 10.1. The number of nitrogens with one attached hydrogen (secondary N) is 2. The molecule has 0 aliphatic heterocycles. The van der Waals surface area contributed by atoms with Gasteiger partial charge in [0.05, 0.1) is 19.4 Å². The highest BCUT2D eigenvalue weighted by atomic mass is 16.5. The third-order valence-corrected chi connectivity index (χ3v) is 4.96. The van der Waals surface area contributed by atoms with Crippen molar-refractivity contribution in [1.82, 2.24) is 14.7 Å². The molecule has 2 aromatic heterocycles. The van der Waals surface area contributed by atoms with Crippen molar-refractivity contribution in [1.29, 1.82) is 0 Å². The molecule has 0 aliphatic rings. The standard InChI is InChI=1S/C24H24N4O3/c1-31-20-9-10-21(18(14-20)15-25-11-13-29)24(30)26-19-7-5-17(6-8-19)22-16-28-12-3-2-4-23(28)27-22/h2-10,12,14,16,25,29H,11,13,15H2,1H3,(H,26,30). The number of carbonyl (C=O) groups is 1. The zero-order valence-electron chi connectivity index (χ0n) is 17.2. The van der Waals surface area contributed by atoms with Crippen LogP contribution in [0.25, 0.3) is 16.9 Å². The van der Waals surface area contributed by atoms with Gasteiger partial charge in [-0.2, -0.15) is 0 Å². The Kier molecular flexibility index (Phi) is 6.26. The van der Waals surface area contributed by atoms with E-state index < -0.39 is 0 Å². The lowest BCUT2D eigenvalue weighted by Gasteiger charge is -2.13. The molecule has 7 heteroatoms. The number of hydrogen-bond donors (Lipinski definition) is 3. The van der Waals surface area contributed by atoms with Crippen LogP contribution in [0.3, 0.4) is 0 Å². The predicted molar refractivity (Wildman–Crippen MR) is 120 cm³/mol. The highest BCUT2D eigenvalue weighted by molar-refractivity contribution is 6.05. The molecule has 0 saturated carbocycles. The second kappa shape index (κ2) is 9.42. The first-order valence-electron chi connectivity index (χ1n) is 10.0. The Bertz CT molecular complexity index is 1150. The zero-order chi connectivity index (χ0) is 21.6. The van der Waals surface area contributed by atoms with Crippen molar-refractivity contribution in [2.45, 2.75) is 6.54 Å². The fraction of sp³-hybridized carbons (Fsp3) is 0.167. The van der Waals surface area contributed by atoms with Crippen molar-refractivity contribution < 1.29 is 14.6 Å². The van der Waals surface area contributed by atoms with Gasteiger partial charge in [-0.15, -0.1) is 0 Å². The number of methoxy groups -OCH3 is 1. The van der Waals surface area contributed by atoms with Gasteiger partial charge in [0.25, 0.3) is 5.91 Å². The summed E-state index contributed by atoms with van der Waals surface area (Å²) in [5, 5.41) is 15.0. The van der Waals surface area contributed by atoms with Crippen LogP contribution in [0.5, 0.6) is 5.75 Å². The van der Waals surface area contributed by atoms with Crippen LogP contribution in [0.15, 0.2) is 73.1 Å². The van der Waals surface area contributed by atoms with Crippen molar-refractivity contribution in [3.8, 4) is 17.0 Å². The first-order chi connectivity index (χ1) is 15.2. The van der Waals surface area contributed by atoms with Gasteiger partial charge in [0, 0.05) is 42.3 Å². The number of nitrogens with zero attached hydrogens (tertiary/aromatic N) is 2. The van der Waals surface area contributed by atoms with Crippen molar-refractivity contribution >= 4 is 17.2 Å². The van der Waals surface area contributed by atoms with Crippen LogP contribution in [0.2, 0.25) is 0 Å². The van der Waals surface area contributed by atoms with Crippen molar-refractivity contribution in [2.24, 2.45) is 0 Å². The normalized spacial score (nSPS) is 10.9. The molecule has 0 bridgehead atoms. The van der Waals surface area contributed by atoms with Crippen molar-refractivity contribution in [2.75, 3.05) is 25.6 Å². The largest absolute Gasteiger partial charge is 0.497 e. The number of hydrogen-bond acceptors (Lipinski definition) is 5. The highest BCUT2D eigenvalue weighted by Gasteiger charge is 2.13. The summed E-state index contributed by atoms with van der Waals surface area (Å²) in [5.41, 5.74) is 4.78. The van der Waals surface area contributed by atoms with E-state index in [4.69, 9.17) is 9.84 Å². The summed E-state index contributed by atoms with van der Waals surface area (Å²) in [6.45, 7) is 0.931. The smallest absolute Gasteiger partial charge is 0.255 e. The van der Waals surface area contributed by atoms with Crippen LogP contribution < -0.4 is 15.4 Å². The second-order valence-corrected chi connectivity index (χ2v) is 7.05. The van der Waals surface area contributed by atoms with Gasteiger partial charge in [-0.1, -0.05) is 18.2 Å². The Balaban J connectivity index is 1.50. The molecular formula is C24H24N4O3. The molecule has 0 unspecified atom stereocenters. The number of carbonyl (C=O) groups excluding carboxylic acids is 1. The Labute approximate surface area is 180 Å². The number of fused-ring (bicyclic) bond motifs is 1. The SMILES string of the molecule is COc1ccc(C(=O)Nc2ccc(-c3cn4ccccc4n3)cc2)c(CNCCO)c1. The summed E-state index contributed by atoms with van der Waals surface area (Å²) < 4.78 is 7.25. The van der Waals surface area contributed by atoms with E-state index in [2.05, 4.69) is 15.6 Å². The molecule has 0 radical (unpaired) electrons. The lowest BCUT2D eigenvalue weighted by Crippen LogP contribution is -2.21. The summed E-state index contributed by atoms with van der Waals surface area (Å²) in [6, 6.07) is 18.8. The van der Waals surface area contributed by atoms with Crippen LogP contribution in [-0.4, -0.2) is 40.7 Å². The number of anilines is 1. The number of imidazole rings is 1. The fourth-order valence-electron chi connectivity index (χ4n) is 3.36. The molecule has 0 atom stereocenters. The van der Waals surface area contributed by atoms with E-state index in [0.29, 0.717) is 30.1 Å². The monoisotopic (exact) mass is 416 g/mol. The van der Waals surface area contributed by atoms with E-state index in [0.717, 1.165) is 22.5 Å². The molecule has 4 aromatic rings. The average Bonchev–Trinajstić information content (AvgIpc) is 3.24. The highest BCUT2D eigenvalue weighted by Crippen LogP contribution is 2.23. The Hall–Kier alpha value is -3.68. The molecule has 31 heavy (non-hydrogen) atoms. The molecule has 2 heterocycles. The minimum absolute atomic E-state index is 0.0319. The van der Waals surface area contributed by atoms with Crippen molar-refractivity contribution in [3.63, 3.8) is 0 Å². The molecule has 1 amide bonds. The maximum Gasteiger partial charge on any atom is 0.255 e. The fourth-order valence-corrected chi connectivity index (χ4v) is 3.36. The Morgan fingerprint density at radius 2 is 1.97 bits per heavy atom. The van der Waals surface area contributed by atoms with Crippen LogP contribution in [0.1, 0.15) is 15.9 Å². The molecule has 0 spiro atoms. The van der Waals surface area contributed by atoms with Gasteiger partial charge in [0.1, 0.15) is 11.4 Å². The first kappa shape index (κ1) is 20.6. The van der Waals surface area contributed by atoms with Gasteiger partial charge in [-0.3, -0.25) is 4.79 Å². The van der Waals surface area contributed by atoms with Crippen LogP contribution >= 0.6 is 0 Å². The third-order valence-electron chi connectivity index (χ3n) is 4.96. The van der Waals surface area contributed by atoms with E-state index in [9.17, 15) is 4.79 Å². The maximum absolute atomic E-state index is 12.9. The van der Waals surface area contributed by atoms with Gasteiger partial charge in [0.2, 0.25) is 0 Å². The molecular weight excluding hydrogens is 392 g/mol. The summed E-state index contributed by atoms with van der Waals surface area (Å²) in [6.07, 6.45) is 3.94. The van der Waals surface area contributed by atoms with Gasteiger partial charge < -0.3 is 24.9 Å². The number of rotatable bonds is 8. The number of aliphatic hydroxyl groups is 1. The molecule has 158 valence electrons.